The molecule has 0 bridgehead atoms. The van der Waals surface area contributed by atoms with Gasteiger partial charge in [-0.15, -0.1) is 0 Å². The third kappa shape index (κ3) is 3.57. The number of aryl methyl sites for hydroxylation is 1. The summed E-state index contributed by atoms with van der Waals surface area (Å²) in [5.41, 5.74) is 5.31. The van der Waals surface area contributed by atoms with Crippen molar-refractivity contribution in [2.75, 3.05) is 7.11 Å². The summed E-state index contributed by atoms with van der Waals surface area (Å²) in [5, 5.41) is 6.26. The molecule has 6 heteroatoms. The van der Waals surface area contributed by atoms with Crippen molar-refractivity contribution in [1.29, 1.82) is 0 Å². The van der Waals surface area contributed by atoms with E-state index in [1.807, 2.05) is 72.2 Å². The molecule has 140 valence electrons. The van der Waals surface area contributed by atoms with Crippen LogP contribution >= 0.6 is 0 Å². The van der Waals surface area contributed by atoms with Crippen molar-refractivity contribution >= 4 is 33.9 Å². The number of carbonyl (C=O) groups is 1. The van der Waals surface area contributed by atoms with Crippen molar-refractivity contribution in [3.63, 3.8) is 0 Å². The largest absolute Gasteiger partial charge is 0.497 e. The highest BCUT2D eigenvalue weighted by molar-refractivity contribution is 5.91. The summed E-state index contributed by atoms with van der Waals surface area (Å²) in [6.07, 6.45) is 1.64. The number of nitrogens with zero attached hydrogens (tertiary/aromatic N) is 3. The lowest BCUT2D eigenvalue weighted by Crippen LogP contribution is -2.23. The van der Waals surface area contributed by atoms with Gasteiger partial charge in [-0.2, -0.15) is 5.10 Å². The Morgan fingerprint density at radius 1 is 1.14 bits per heavy atom. The lowest BCUT2D eigenvalue weighted by molar-refractivity contribution is -0.121. The van der Waals surface area contributed by atoms with Gasteiger partial charge in [0.1, 0.15) is 18.1 Å². The highest BCUT2D eigenvalue weighted by Gasteiger charge is 2.10. The zero-order valence-electron chi connectivity index (χ0n) is 15.7. The molecule has 1 aromatic heterocycles. The number of hydrogen-bond acceptors (Lipinski definition) is 4. The Kier molecular flexibility index (Phi) is 4.76. The van der Waals surface area contributed by atoms with Gasteiger partial charge in [0.15, 0.2) is 0 Å². The molecule has 0 aliphatic heterocycles. The number of benzene rings is 3. The molecule has 0 spiro atoms. The van der Waals surface area contributed by atoms with E-state index in [1.54, 1.807) is 13.3 Å². The SMILES string of the molecule is COc1ccc2cc(/C=N\NC(=O)Cn3c(C)nc4ccccc43)ccc2c1. The molecular formula is C22H20N4O2. The molecule has 1 N–H and O–H groups in total. The van der Waals surface area contributed by atoms with Crippen LogP contribution in [-0.2, 0) is 11.3 Å². The first kappa shape index (κ1) is 17.7. The fourth-order valence-electron chi connectivity index (χ4n) is 3.20. The molecule has 6 nitrogen and oxygen atoms in total. The van der Waals surface area contributed by atoms with Crippen LogP contribution in [0.1, 0.15) is 11.4 Å². The van der Waals surface area contributed by atoms with Crippen molar-refractivity contribution in [2.24, 2.45) is 5.10 Å². The predicted molar refractivity (Wildman–Crippen MR) is 111 cm³/mol. The molecule has 0 saturated carbocycles. The van der Waals surface area contributed by atoms with Crippen LogP contribution in [0.15, 0.2) is 65.8 Å². The van der Waals surface area contributed by atoms with Crippen LogP contribution in [0.3, 0.4) is 0 Å². The number of hydrogen-bond donors (Lipinski definition) is 1. The van der Waals surface area contributed by atoms with E-state index in [9.17, 15) is 4.79 Å². The second kappa shape index (κ2) is 7.52. The third-order valence-corrected chi connectivity index (χ3v) is 4.62. The lowest BCUT2D eigenvalue weighted by atomic mass is 10.1. The smallest absolute Gasteiger partial charge is 0.260 e. The molecule has 4 rings (SSSR count). The standard InChI is InChI=1S/C22H20N4O2/c1-15-24-20-5-3-4-6-21(20)26(15)14-22(27)25-23-13-16-7-8-18-12-19(28-2)10-9-17(18)11-16/h3-13H,14H2,1-2H3,(H,25,27)/b23-13-. The molecule has 0 unspecified atom stereocenters. The molecule has 0 radical (unpaired) electrons. The Bertz CT molecular complexity index is 1190. The first-order valence-corrected chi connectivity index (χ1v) is 8.95. The minimum Gasteiger partial charge on any atom is -0.497 e. The topological polar surface area (TPSA) is 68.5 Å². The van der Waals surface area contributed by atoms with Gasteiger partial charge in [-0.1, -0.05) is 30.3 Å². The predicted octanol–water partition coefficient (Wildman–Crippen LogP) is 3.66. The number of amides is 1. The number of methoxy groups -OCH3 is 1. The van der Waals surface area contributed by atoms with Crippen LogP contribution in [0.25, 0.3) is 21.8 Å². The molecule has 0 atom stereocenters. The van der Waals surface area contributed by atoms with Gasteiger partial charge >= 0.3 is 0 Å². The van der Waals surface area contributed by atoms with Crippen molar-refractivity contribution in [3.8, 4) is 5.75 Å². The average Bonchev–Trinajstić information content (AvgIpc) is 3.02. The second-order valence-electron chi connectivity index (χ2n) is 6.50. The summed E-state index contributed by atoms with van der Waals surface area (Å²) in [4.78, 5) is 16.8. The Hall–Kier alpha value is -3.67. The normalized spacial score (nSPS) is 11.4. The van der Waals surface area contributed by atoms with E-state index in [4.69, 9.17) is 4.74 Å². The number of carbonyl (C=O) groups excluding carboxylic acids is 1. The Morgan fingerprint density at radius 3 is 2.79 bits per heavy atom. The first-order chi connectivity index (χ1) is 13.6. The minimum atomic E-state index is -0.201. The fraction of sp³-hybridized carbons (Fsp3) is 0.136. The van der Waals surface area contributed by atoms with Crippen molar-refractivity contribution in [2.45, 2.75) is 13.5 Å². The summed E-state index contributed by atoms with van der Waals surface area (Å²) < 4.78 is 7.12. The van der Waals surface area contributed by atoms with Crippen LogP contribution in [0.2, 0.25) is 0 Å². The van der Waals surface area contributed by atoms with Crippen molar-refractivity contribution in [1.82, 2.24) is 15.0 Å². The van der Waals surface area contributed by atoms with Crippen LogP contribution in [-0.4, -0.2) is 28.8 Å². The Labute approximate surface area is 162 Å². The molecule has 0 fully saturated rings. The van der Waals surface area contributed by atoms with Gasteiger partial charge in [-0.05, 0) is 53.6 Å². The highest BCUT2D eigenvalue weighted by atomic mass is 16.5. The van der Waals surface area contributed by atoms with Gasteiger partial charge in [0.05, 0.1) is 24.4 Å². The van der Waals surface area contributed by atoms with Crippen LogP contribution < -0.4 is 10.2 Å². The number of nitrogens with one attached hydrogen (secondary N) is 1. The van der Waals surface area contributed by atoms with Crippen molar-refractivity contribution in [3.05, 3.63) is 72.1 Å². The Balaban J connectivity index is 1.45. The van der Waals surface area contributed by atoms with Gasteiger partial charge in [-0.25, -0.2) is 10.4 Å². The number of rotatable bonds is 5. The average molecular weight is 372 g/mol. The number of ether oxygens (including phenoxy) is 1. The molecule has 4 aromatic rings. The third-order valence-electron chi connectivity index (χ3n) is 4.62. The van der Waals surface area contributed by atoms with Crippen LogP contribution in [0, 0.1) is 6.92 Å². The van der Waals surface area contributed by atoms with Gasteiger partial charge in [-0.3, -0.25) is 4.79 Å². The van der Waals surface area contributed by atoms with Gasteiger partial charge in [0.2, 0.25) is 0 Å². The second-order valence-corrected chi connectivity index (χ2v) is 6.50. The van der Waals surface area contributed by atoms with E-state index in [2.05, 4.69) is 15.5 Å². The van der Waals surface area contributed by atoms with Gasteiger partial charge < -0.3 is 9.30 Å². The molecule has 3 aromatic carbocycles. The molecule has 0 saturated heterocycles. The van der Waals surface area contributed by atoms with E-state index < -0.39 is 0 Å². The summed E-state index contributed by atoms with van der Waals surface area (Å²) in [6, 6.07) is 19.6. The number of para-hydroxylation sites is 2. The molecule has 0 aliphatic carbocycles. The van der Waals surface area contributed by atoms with Crippen molar-refractivity contribution < 1.29 is 9.53 Å². The highest BCUT2D eigenvalue weighted by Crippen LogP contribution is 2.21. The quantitative estimate of drug-likeness (QED) is 0.429. The van der Waals surface area contributed by atoms with Crippen LogP contribution in [0.4, 0.5) is 0 Å². The molecular weight excluding hydrogens is 352 g/mol. The molecule has 1 heterocycles. The van der Waals surface area contributed by atoms with Crippen LogP contribution in [0.5, 0.6) is 5.75 Å². The number of fused-ring (bicyclic) bond motifs is 2. The zero-order valence-corrected chi connectivity index (χ0v) is 15.7. The van der Waals surface area contributed by atoms with E-state index >= 15 is 0 Å². The van der Waals surface area contributed by atoms with E-state index in [-0.39, 0.29) is 12.5 Å². The monoisotopic (exact) mass is 372 g/mol. The van der Waals surface area contributed by atoms with Gasteiger partial charge in [0.25, 0.3) is 5.91 Å². The first-order valence-electron chi connectivity index (χ1n) is 8.95. The van der Waals surface area contributed by atoms with E-state index in [1.165, 1.54) is 0 Å². The summed E-state index contributed by atoms with van der Waals surface area (Å²) in [7, 11) is 1.65. The van der Waals surface area contributed by atoms with E-state index in [0.717, 1.165) is 38.9 Å². The molecule has 28 heavy (non-hydrogen) atoms. The minimum absolute atomic E-state index is 0.168. The molecule has 0 aliphatic rings. The molecule has 1 amide bonds. The fourth-order valence-corrected chi connectivity index (χ4v) is 3.20. The lowest BCUT2D eigenvalue weighted by Gasteiger charge is -2.05. The summed E-state index contributed by atoms with van der Waals surface area (Å²) >= 11 is 0. The maximum atomic E-state index is 12.3. The maximum absolute atomic E-state index is 12.3. The Morgan fingerprint density at radius 2 is 1.93 bits per heavy atom. The summed E-state index contributed by atoms with van der Waals surface area (Å²) in [6.45, 7) is 2.06. The van der Waals surface area contributed by atoms with Gasteiger partial charge in [0, 0.05) is 0 Å². The number of imidazole rings is 1. The summed E-state index contributed by atoms with van der Waals surface area (Å²) in [5.74, 6) is 1.42. The number of aromatic nitrogens is 2. The zero-order chi connectivity index (χ0) is 19.5. The number of hydrazone groups is 1. The van der Waals surface area contributed by atoms with E-state index in [0.29, 0.717) is 0 Å². The maximum Gasteiger partial charge on any atom is 0.260 e.